The molecular formula is C21H20F3N3O2. The lowest BCUT2D eigenvalue weighted by molar-refractivity contribution is -0.137. The Kier molecular flexibility index (Phi) is 5.91. The molecule has 0 fully saturated rings. The first-order valence-corrected chi connectivity index (χ1v) is 9.01. The number of hydrogen-bond acceptors (Lipinski definition) is 3. The number of hydrogen-bond donors (Lipinski definition) is 1. The van der Waals surface area contributed by atoms with Gasteiger partial charge in [-0.3, -0.25) is 9.48 Å². The second kappa shape index (κ2) is 8.38. The molecule has 1 amide bonds. The van der Waals surface area contributed by atoms with Crippen molar-refractivity contribution in [3.05, 3.63) is 77.1 Å². The number of alkyl halides is 3. The van der Waals surface area contributed by atoms with E-state index >= 15 is 0 Å². The second-order valence-electron chi connectivity index (χ2n) is 6.45. The van der Waals surface area contributed by atoms with E-state index in [4.69, 9.17) is 4.74 Å². The molecule has 29 heavy (non-hydrogen) atoms. The number of nitrogens with zero attached hydrogens (tertiary/aromatic N) is 2. The summed E-state index contributed by atoms with van der Waals surface area (Å²) in [6.07, 6.45) is -3.68. The fourth-order valence-corrected chi connectivity index (χ4v) is 2.73. The molecule has 3 rings (SSSR count). The number of carbonyl (C=O) groups excluding carboxylic acids is 1. The van der Waals surface area contributed by atoms with Gasteiger partial charge in [0.05, 0.1) is 11.3 Å². The van der Waals surface area contributed by atoms with Crippen LogP contribution >= 0.6 is 0 Å². The molecule has 5 nitrogen and oxygen atoms in total. The van der Waals surface area contributed by atoms with Crippen LogP contribution in [0.2, 0.25) is 0 Å². The second-order valence-corrected chi connectivity index (χ2v) is 6.45. The van der Waals surface area contributed by atoms with Crippen molar-refractivity contribution in [1.82, 2.24) is 15.1 Å². The average Bonchev–Trinajstić information content (AvgIpc) is 3.08. The van der Waals surface area contributed by atoms with Gasteiger partial charge in [0.15, 0.2) is 0 Å². The summed E-state index contributed by atoms with van der Waals surface area (Å²) in [6, 6.07) is 13.2. The molecule has 0 saturated heterocycles. The highest BCUT2D eigenvalue weighted by Crippen LogP contribution is 2.32. The minimum Gasteiger partial charge on any atom is -0.457 e. The minimum atomic E-state index is -4.42. The Labute approximate surface area is 166 Å². The lowest BCUT2D eigenvalue weighted by Crippen LogP contribution is -2.25. The predicted molar refractivity (Wildman–Crippen MR) is 102 cm³/mol. The van der Waals surface area contributed by atoms with Crippen molar-refractivity contribution >= 4 is 5.91 Å². The van der Waals surface area contributed by atoms with Crippen LogP contribution in [-0.2, 0) is 26.2 Å². The summed E-state index contributed by atoms with van der Waals surface area (Å²) >= 11 is 0. The van der Waals surface area contributed by atoms with Gasteiger partial charge in [-0.15, -0.1) is 0 Å². The lowest BCUT2D eigenvalue weighted by Gasteiger charge is -2.10. The third-order valence-corrected chi connectivity index (χ3v) is 4.30. The first-order chi connectivity index (χ1) is 13.8. The van der Waals surface area contributed by atoms with Gasteiger partial charge < -0.3 is 10.1 Å². The molecule has 0 aliphatic carbocycles. The number of amides is 1. The number of ether oxygens (including phenoxy) is 1. The number of rotatable bonds is 6. The molecular weight excluding hydrogens is 383 g/mol. The van der Waals surface area contributed by atoms with Crippen LogP contribution in [-0.4, -0.2) is 15.7 Å². The molecule has 0 radical (unpaired) electrons. The molecule has 0 aliphatic rings. The number of halogens is 3. The van der Waals surface area contributed by atoms with Gasteiger partial charge in [0.25, 0.3) is 5.91 Å². The summed E-state index contributed by atoms with van der Waals surface area (Å²) in [5, 5.41) is 7.07. The largest absolute Gasteiger partial charge is 0.457 e. The van der Waals surface area contributed by atoms with E-state index in [9.17, 15) is 18.0 Å². The Bertz CT molecular complexity index is 995. The summed E-state index contributed by atoms with van der Waals surface area (Å²) < 4.78 is 45.4. The smallest absolute Gasteiger partial charge is 0.416 e. The molecule has 0 atom stereocenters. The molecule has 0 unspecified atom stereocenters. The Hall–Kier alpha value is -3.29. The summed E-state index contributed by atoms with van der Waals surface area (Å²) in [5.41, 5.74) is 1.38. The Morgan fingerprint density at radius 2 is 1.83 bits per heavy atom. The van der Waals surface area contributed by atoms with E-state index in [1.807, 2.05) is 6.92 Å². The monoisotopic (exact) mass is 403 g/mol. The molecule has 0 spiro atoms. The van der Waals surface area contributed by atoms with Crippen molar-refractivity contribution in [1.29, 1.82) is 0 Å². The zero-order chi connectivity index (χ0) is 21.0. The SMILES string of the molecule is CCc1cc(C(=O)NCc2ccc(Oc3cccc(C(F)(F)F)c3)cc2)n(C)n1. The zero-order valence-corrected chi connectivity index (χ0v) is 16.0. The van der Waals surface area contributed by atoms with Crippen molar-refractivity contribution in [2.45, 2.75) is 26.1 Å². The maximum absolute atomic E-state index is 12.8. The summed E-state index contributed by atoms with van der Waals surface area (Å²) in [6.45, 7) is 2.27. The summed E-state index contributed by atoms with van der Waals surface area (Å²) in [7, 11) is 1.72. The molecule has 152 valence electrons. The quantitative estimate of drug-likeness (QED) is 0.648. The Morgan fingerprint density at radius 3 is 2.45 bits per heavy atom. The van der Waals surface area contributed by atoms with Crippen molar-refractivity contribution in [2.24, 2.45) is 7.05 Å². The van der Waals surface area contributed by atoms with Crippen LogP contribution in [0.3, 0.4) is 0 Å². The topological polar surface area (TPSA) is 56.1 Å². The average molecular weight is 403 g/mol. The standard InChI is InChI=1S/C21H20F3N3O2/c1-3-16-12-19(27(2)26-16)20(28)25-13-14-7-9-17(10-8-14)29-18-6-4-5-15(11-18)21(22,23)24/h4-12H,3,13H2,1-2H3,(H,25,28). The lowest BCUT2D eigenvalue weighted by atomic mass is 10.2. The fraction of sp³-hybridized carbons (Fsp3) is 0.238. The normalized spacial score (nSPS) is 11.3. The molecule has 0 saturated carbocycles. The van der Waals surface area contributed by atoms with Gasteiger partial charge in [0.1, 0.15) is 17.2 Å². The third kappa shape index (κ3) is 5.16. The van der Waals surface area contributed by atoms with Crippen LogP contribution in [0.5, 0.6) is 11.5 Å². The molecule has 2 aromatic carbocycles. The van der Waals surface area contributed by atoms with E-state index < -0.39 is 11.7 Å². The van der Waals surface area contributed by atoms with Gasteiger partial charge >= 0.3 is 6.18 Å². The van der Waals surface area contributed by atoms with Crippen LogP contribution in [0.1, 0.15) is 34.2 Å². The van der Waals surface area contributed by atoms with E-state index in [0.717, 1.165) is 29.8 Å². The van der Waals surface area contributed by atoms with Crippen molar-refractivity contribution in [2.75, 3.05) is 0 Å². The first kappa shape index (κ1) is 20.4. The van der Waals surface area contributed by atoms with E-state index in [0.29, 0.717) is 18.0 Å². The van der Waals surface area contributed by atoms with Crippen LogP contribution in [0, 0.1) is 0 Å². The van der Waals surface area contributed by atoms with E-state index in [2.05, 4.69) is 10.4 Å². The Balaban J connectivity index is 1.60. The van der Waals surface area contributed by atoms with Gasteiger partial charge in [-0.1, -0.05) is 25.1 Å². The van der Waals surface area contributed by atoms with E-state index in [1.54, 1.807) is 42.1 Å². The van der Waals surface area contributed by atoms with Crippen molar-refractivity contribution < 1.29 is 22.7 Å². The Morgan fingerprint density at radius 1 is 1.10 bits per heavy atom. The molecule has 0 aliphatic heterocycles. The molecule has 1 aromatic heterocycles. The molecule has 0 bridgehead atoms. The highest BCUT2D eigenvalue weighted by Gasteiger charge is 2.30. The number of aromatic nitrogens is 2. The van der Waals surface area contributed by atoms with Crippen LogP contribution < -0.4 is 10.1 Å². The molecule has 1 N–H and O–H groups in total. The van der Waals surface area contributed by atoms with Gasteiger partial charge in [0, 0.05) is 13.6 Å². The number of nitrogens with one attached hydrogen (secondary N) is 1. The maximum atomic E-state index is 12.8. The third-order valence-electron chi connectivity index (χ3n) is 4.30. The summed E-state index contributed by atoms with van der Waals surface area (Å²) in [4.78, 5) is 12.3. The van der Waals surface area contributed by atoms with Crippen LogP contribution in [0.25, 0.3) is 0 Å². The minimum absolute atomic E-state index is 0.101. The van der Waals surface area contributed by atoms with Crippen molar-refractivity contribution in [3.8, 4) is 11.5 Å². The zero-order valence-electron chi connectivity index (χ0n) is 16.0. The first-order valence-electron chi connectivity index (χ1n) is 9.01. The van der Waals surface area contributed by atoms with E-state index in [-0.39, 0.29) is 11.7 Å². The van der Waals surface area contributed by atoms with Crippen LogP contribution in [0.15, 0.2) is 54.6 Å². The number of benzene rings is 2. The summed E-state index contributed by atoms with van der Waals surface area (Å²) in [5.74, 6) is 0.270. The highest BCUT2D eigenvalue weighted by molar-refractivity contribution is 5.92. The number of carbonyl (C=O) groups is 1. The van der Waals surface area contributed by atoms with Gasteiger partial charge in [-0.2, -0.15) is 18.3 Å². The highest BCUT2D eigenvalue weighted by atomic mass is 19.4. The van der Waals surface area contributed by atoms with Gasteiger partial charge in [0.2, 0.25) is 0 Å². The fourth-order valence-electron chi connectivity index (χ4n) is 2.73. The van der Waals surface area contributed by atoms with Gasteiger partial charge in [-0.05, 0) is 48.4 Å². The van der Waals surface area contributed by atoms with Crippen LogP contribution in [0.4, 0.5) is 13.2 Å². The molecule has 8 heteroatoms. The molecule has 3 aromatic rings. The van der Waals surface area contributed by atoms with E-state index in [1.165, 1.54) is 12.1 Å². The number of aryl methyl sites for hydroxylation is 2. The maximum Gasteiger partial charge on any atom is 0.416 e. The van der Waals surface area contributed by atoms with Gasteiger partial charge in [-0.25, -0.2) is 0 Å². The predicted octanol–water partition coefficient (Wildman–Crippen LogP) is 4.72. The van der Waals surface area contributed by atoms with Crippen molar-refractivity contribution in [3.63, 3.8) is 0 Å². The molecule has 1 heterocycles.